The average molecular weight is 364 g/mol. The highest BCUT2D eigenvalue weighted by Crippen LogP contribution is 2.20. The molecule has 0 spiro atoms. The van der Waals surface area contributed by atoms with Gasteiger partial charge in [-0.15, -0.1) is 0 Å². The van der Waals surface area contributed by atoms with Gasteiger partial charge in [-0.1, -0.05) is 42.5 Å². The maximum Gasteiger partial charge on any atom is 0.255 e. The third-order valence-corrected chi connectivity index (χ3v) is 4.75. The molecule has 1 aliphatic heterocycles. The van der Waals surface area contributed by atoms with E-state index in [1.54, 1.807) is 48.5 Å². The molecular weight excluding hydrogens is 340 g/mol. The molecule has 5 heteroatoms. The Kier molecular flexibility index (Phi) is 6.36. The lowest BCUT2D eigenvalue weighted by Gasteiger charge is -2.27. The molecule has 2 amide bonds. The first-order valence-electron chi connectivity index (χ1n) is 9.41. The molecule has 0 radical (unpaired) electrons. The van der Waals surface area contributed by atoms with E-state index in [4.69, 9.17) is 0 Å². The van der Waals surface area contributed by atoms with Crippen molar-refractivity contribution < 1.29 is 14.4 Å². The quantitative estimate of drug-likeness (QED) is 0.790. The molecule has 1 fully saturated rings. The van der Waals surface area contributed by atoms with Crippen LogP contribution < -0.4 is 5.32 Å². The van der Waals surface area contributed by atoms with Gasteiger partial charge in [-0.25, -0.2) is 0 Å². The second kappa shape index (κ2) is 9.12. The van der Waals surface area contributed by atoms with Crippen molar-refractivity contribution in [3.05, 3.63) is 65.7 Å². The predicted molar refractivity (Wildman–Crippen MR) is 105 cm³/mol. The molecule has 0 unspecified atom stereocenters. The molecule has 1 heterocycles. The van der Waals surface area contributed by atoms with Crippen LogP contribution in [0, 0.1) is 0 Å². The largest absolute Gasteiger partial charge is 0.339 e. The Morgan fingerprint density at radius 1 is 0.815 bits per heavy atom. The highest BCUT2D eigenvalue weighted by atomic mass is 16.2. The number of likely N-dealkylation sites (tertiary alicyclic amines) is 1. The summed E-state index contributed by atoms with van der Waals surface area (Å²) < 4.78 is 0. The summed E-state index contributed by atoms with van der Waals surface area (Å²) in [5.74, 6) is -0.382. The maximum atomic E-state index is 12.8. The molecule has 5 nitrogen and oxygen atoms in total. The molecule has 1 N–H and O–H groups in total. The normalized spacial score (nSPS) is 13.9. The number of benzene rings is 2. The SMILES string of the molecule is O=C(CCC(=O)c1ccccc1)Nc1ccccc1C(=O)N1CCCCC1. The zero-order chi connectivity index (χ0) is 19.1. The lowest BCUT2D eigenvalue weighted by molar-refractivity contribution is -0.116. The summed E-state index contributed by atoms with van der Waals surface area (Å²) in [5.41, 5.74) is 1.61. The second-order valence-corrected chi connectivity index (χ2v) is 6.74. The predicted octanol–water partition coefficient (Wildman–Crippen LogP) is 3.91. The first-order valence-corrected chi connectivity index (χ1v) is 9.41. The Morgan fingerprint density at radius 3 is 2.22 bits per heavy atom. The van der Waals surface area contributed by atoms with Crippen LogP contribution in [0.1, 0.15) is 52.8 Å². The van der Waals surface area contributed by atoms with Crippen molar-refractivity contribution in [2.75, 3.05) is 18.4 Å². The van der Waals surface area contributed by atoms with Crippen LogP contribution in [-0.2, 0) is 4.79 Å². The number of rotatable bonds is 6. The lowest BCUT2D eigenvalue weighted by Crippen LogP contribution is -2.36. The number of para-hydroxylation sites is 1. The Morgan fingerprint density at radius 2 is 1.48 bits per heavy atom. The van der Waals surface area contributed by atoms with E-state index >= 15 is 0 Å². The molecule has 1 aliphatic rings. The molecule has 0 atom stereocenters. The number of carbonyl (C=O) groups is 3. The molecule has 2 aromatic rings. The van der Waals surface area contributed by atoms with Gasteiger partial charge in [0, 0.05) is 31.5 Å². The fourth-order valence-corrected chi connectivity index (χ4v) is 3.25. The third-order valence-electron chi connectivity index (χ3n) is 4.75. The highest BCUT2D eigenvalue weighted by Gasteiger charge is 2.21. The molecule has 0 aliphatic carbocycles. The number of nitrogens with zero attached hydrogens (tertiary/aromatic N) is 1. The Labute approximate surface area is 159 Å². The summed E-state index contributed by atoms with van der Waals surface area (Å²) in [7, 11) is 0. The van der Waals surface area contributed by atoms with Crippen LogP contribution in [0.2, 0.25) is 0 Å². The van der Waals surface area contributed by atoms with E-state index in [1.807, 2.05) is 11.0 Å². The van der Waals surface area contributed by atoms with Crippen LogP contribution in [-0.4, -0.2) is 35.6 Å². The summed E-state index contributed by atoms with van der Waals surface area (Å²) in [6, 6.07) is 16.0. The minimum Gasteiger partial charge on any atom is -0.339 e. The lowest BCUT2D eigenvalue weighted by atomic mass is 10.1. The number of piperidine rings is 1. The van der Waals surface area contributed by atoms with Crippen molar-refractivity contribution in [2.45, 2.75) is 32.1 Å². The Bertz CT molecular complexity index is 811. The van der Waals surface area contributed by atoms with Crippen molar-refractivity contribution in [1.29, 1.82) is 0 Å². The number of hydrogen-bond acceptors (Lipinski definition) is 3. The first-order chi connectivity index (χ1) is 13.1. The molecular formula is C22H24N2O3. The summed E-state index contributed by atoms with van der Waals surface area (Å²) in [6.45, 7) is 1.51. The van der Waals surface area contributed by atoms with Gasteiger partial charge in [0.2, 0.25) is 5.91 Å². The molecule has 140 valence electrons. The van der Waals surface area contributed by atoms with Gasteiger partial charge in [-0.3, -0.25) is 14.4 Å². The molecule has 1 saturated heterocycles. The van der Waals surface area contributed by atoms with Gasteiger partial charge in [0.15, 0.2) is 5.78 Å². The van der Waals surface area contributed by atoms with Crippen LogP contribution in [0.15, 0.2) is 54.6 Å². The van der Waals surface area contributed by atoms with Crippen molar-refractivity contribution in [3.63, 3.8) is 0 Å². The van der Waals surface area contributed by atoms with Gasteiger partial charge in [0.05, 0.1) is 11.3 Å². The zero-order valence-electron chi connectivity index (χ0n) is 15.3. The molecule has 27 heavy (non-hydrogen) atoms. The first kappa shape index (κ1) is 18.8. The van der Waals surface area contributed by atoms with E-state index in [0.29, 0.717) is 16.8 Å². The molecule has 3 rings (SSSR count). The molecule has 2 aromatic carbocycles. The fraction of sp³-hybridized carbons (Fsp3) is 0.318. The number of Topliss-reactive ketones (excluding diaryl/α,β-unsaturated/α-hetero) is 1. The summed E-state index contributed by atoms with van der Waals surface area (Å²) in [5, 5.41) is 2.80. The van der Waals surface area contributed by atoms with Gasteiger partial charge in [0.1, 0.15) is 0 Å². The van der Waals surface area contributed by atoms with Crippen molar-refractivity contribution in [3.8, 4) is 0 Å². The maximum absolute atomic E-state index is 12.8. The van der Waals surface area contributed by atoms with Crippen LogP contribution in [0.4, 0.5) is 5.69 Å². The zero-order valence-corrected chi connectivity index (χ0v) is 15.3. The van der Waals surface area contributed by atoms with E-state index in [-0.39, 0.29) is 30.4 Å². The van der Waals surface area contributed by atoms with Gasteiger partial charge >= 0.3 is 0 Å². The number of carbonyl (C=O) groups excluding carboxylic acids is 3. The number of ketones is 1. The number of amides is 2. The number of hydrogen-bond donors (Lipinski definition) is 1. The van der Waals surface area contributed by atoms with Gasteiger partial charge < -0.3 is 10.2 Å². The van der Waals surface area contributed by atoms with Crippen LogP contribution in [0.5, 0.6) is 0 Å². The van der Waals surface area contributed by atoms with Crippen molar-refractivity contribution in [2.24, 2.45) is 0 Å². The van der Waals surface area contributed by atoms with Crippen LogP contribution in [0.3, 0.4) is 0 Å². The van der Waals surface area contributed by atoms with Crippen molar-refractivity contribution >= 4 is 23.3 Å². The summed E-state index contributed by atoms with van der Waals surface area (Å²) >= 11 is 0. The van der Waals surface area contributed by atoms with Gasteiger partial charge in [0.25, 0.3) is 5.91 Å². The van der Waals surface area contributed by atoms with Crippen molar-refractivity contribution in [1.82, 2.24) is 4.90 Å². The Hall–Kier alpha value is -2.95. The third kappa shape index (κ3) is 5.03. The topological polar surface area (TPSA) is 66.5 Å². The average Bonchev–Trinajstić information content (AvgIpc) is 2.73. The number of nitrogens with one attached hydrogen (secondary N) is 1. The molecule has 0 aromatic heterocycles. The van der Waals surface area contributed by atoms with E-state index in [0.717, 1.165) is 32.4 Å². The highest BCUT2D eigenvalue weighted by molar-refractivity contribution is 6.05. The van der Waals surface area contributed by atoms with E-state index < -0.39 is 0 Å². The minimum atomic E-state index is -0.266. The second-order valence-electron chi connectivity index (χ2n) is 6.74. The smallest absolute Gasteiger partial charge is 0.255 e. The summed E-state index contributed by atoms with van der Waals surface area (Å²) in [4.78, 5) is 39.1. The van der Waals surface area contributed by atoms with Crippen LogP contribution in [0.25, 0.3) is 0 Å². The van der Waals surface area contributed by atoms with E-state index in [9.17, 15) is 14.4 Å². The van der Waals surface area contributed by atoms with Gasteiger partial charge in [-0.2, -0.15) is 0 Å². The number of anilines is 1. The molecule has 0 bridgehead atoms. The molecule has 0 saturated carbocycles. The monoisotopic (exact) mass is 364 g/mol. The van der Waals surface area contributed by atoms with Crippen LogP contribution >= 0.6 is 0 Å². The standard InChI is InChI=1S/C22H24N2O3/c25-20(17-9-3-1-4-10-17)13-14-21(26)23-19-12-6-5-11-18(19)22(27)24-15-7-2-8-16-24/h1,3-6,9-12H,2,7-8,13-16H2,(H,23,26). The summed E-state index contributed by atoms with van der Waals surface area (Å²) in [6.07, 6.45) is 3.40. The van der Waals surface area contributed by atoms with E-state index in [1.165, 1.54) is 0 Å². The fourth-order valence-electron chi connectivity index (χ4n) is 3.25. The van der Waals surface area contributed by atoms with Gasteiger partial charge in [-0.05, 0) is 31.4 Å². The minimum absolute atomic E-state index is 0.0500. The Balaban J connectivity index is 1.61. The van der Waals surface area contributed by atoms with E-state index in [2.05, 4.69) is 5.32 Å².